The molecular weight excluding hydrogens is 247 g/mol. The highest BCUT2D eigenvalue weighted by Crippen LogP contribution is 2.23. The second-order valence-electron chi connectivity index (χ2n) is 5.36. The van der Waals surface area contributed by atoms with E-state index in [4.69, 9.17) is 10.5 Å². The zero-order valence-corrected chi connectivity index (χ0v) is 11.8. The van der Waals surface area contributed by atoms with E-state index in [2.05, 4.69) is 0 Å². The van der Waals surface area contributed by atoms with Crippen molar-refractivity contribution in [2.24, 2.45) is 5.73 Å². The highest BCUT2D eigenvalue weighted by Gasteiger charge is 2.26. The van der Waals surface area contributed by atoms with Gasteiger partial charge in [0.05, 0.1) is 6.04 Å². The summed E-state index contributed by atoms with van der Waals surface area (Å²) in [6, 6.07) is 5.73. The minimum absolute atomic E-state index is 0.122. The highest BCUT2D eigenvalue weighted by molar-refractivity contribution is 5.68. The first-order valence-electron chi connectivity index (χ1n) is 6.16. The molecule has 5 heteroatoms. The van der Waals surface area contributed by atoms with E-state index in [-0.39, 0.29) is 12.4 Å². The average molecular weight is 268 g/mol. The molecule has 0 bridgehead atoms. The van der Waals surface area contributed by atoms with E-state index in [1.54, 1.807) is 46.0 Å². The standard InChI is InChI=1S/C14H21FN2O2/c1-14(2,3)19-13(18)17(4)12(9-16)10-7-5-6-8-11(10)15/h5-8,12H,9,16H2,1-4H3. The van der Waals surface area contributed by atoms with Crippen LogP contribution in [0.25, 0.3) is 0 Å². The van der Waals surface area contributed by atoms with Crippen LogP contribution in [0.3, 0.4) is 0 Å². The molecule has 0 fully saturated rings. The number of benzene rings is 1. The monoisotopic (exact) mass is 268 g/mol. The van der Waals surface area contributed by atoms with Crippen LogP contribution in [0.2, 0.25) is 0 Å². The highest BCUT2D eigenvalue weighted by atomic mass is 19.1. The fourth-order valence-corrected chi connectivity index (χ4v) is 1.70. The van der Waals surface area contributed by atoms with E-state index in [0.717, 1.165) is 0 Å². The Morgan fingerprint density at radius 1 is 1.42 bits per heavy atom. The van der Waals surface area contributed by atoms with Crippen molar-refractivity contribution in [3.05, 3.63) is 35.6 Å². The Labute approximate surface area is 113 Å². The molecular formula is C14H21FN2O2. The molecule has 0 aliphatic heterocycles. The Hall–Kier alpha value is -1.62. The summed E-state index contributed by atoms with van der Waals surface area (Å²) in [5.41, 5.74) is 5.45. The lowest BCUT2D eigenvalue weighted by molar-refractivity contribution is 0.0223. The van der Waals surface area contributed by atoms with E-state index >= 15 is 0 Å². The summed E-state index contributed by atoms with van der Waals surface area (Å²) < 4.78 is 19.0. The summed E-state index contributed by atoms with van der Waals surface area (Å²) in [6.07, 6.45) is -0.522. The Bertz CT molecular complexity index is 443. The van der Waals surface area contributed by atoms with Crippen LogP contribution in [0.1, 0.15) is 32.4 Å². The molecule has 0 saturated carbocycles. The lowest BCUT2D eigenvalue weighted by atomic mass is 10.1. The van der Waals surface area contributed by atoms with Gasteiger partial charge in [-0.1, -0.05) is 18.2 Å². The first kappa shape index (κ1) is 15.4. The lowest BCUT2D eigenvalue weighted by Gasteiger charge is -2.30. The first-order valence-corrected chi connectivity index (χ1v) is 6.16. The van der Waals surface area contributed by atoms with Crippen molar-refractivity contribution in [3.63, 3.8) is 0 Å². The Morgan fingerprint density at radius 3 is 2.47 bits per heavy atom. The minimum Gasteiger partial charge on any atom is -0.444 e. The number of hydrogen-bond donors (Lipinski definition) is 1. The van der Waals surface area contributed by atoms with Gasteiger partial charge in [-0.05, 0) is 26.8 Å². The Balaban J connectivity index is 2.92. The number of nitrogens with two attached hydrogens (primary N) is 1. The Kier molecular flexibility index (Phi) is 4.89. The zero-order chi connectivity index (χ0) is 14.6. The maximum absolute atomic E-state index is 13.8. The van der Waals surface area contributed by atoms with Crippen molar-refractivity contribution in [2.45, 2.75) is 32.4 Å². The van der Waals surface area contributed by atoms with E-state index in [1.807, 2.05) is 0 Å². The maximum atomic E-state index is 13.8. The molecule has 0 saturated heterocycles. The van der Waals surface area contributed by atoms with Gasteiger partial charge in [-0.25, -0.2) is 9.18 Å². The average Bonchev–Trinajstić information content (AvgIpc) is 2.30. The van der Waals surface area contributed by atoms with Crippen LogP contribution in [-0.4, -0.2) is 30.2 Å². The molecule has 2 N–H and O–H groups in total. The maximum Gasteiger partial charge on any atom is 0.410 e. The molecule has 1 amide bonds. The van der Waals surface area contributed by atoms with Crippen LogP contribution in [0, 0.1) is 5.82 Å². The van der Waals surface area contributed by atoms with Gasteiger partial charge in [-0.15, -0.1) is 0 Å². The fraction of sp³-hybridized carbons (Fsp3) is 0.500. The molecule has 1 unspecified atom stereocenters. The minimum atomic E-state index is -0.597. The number of carbonyl (C=O) groups excluding carboxylic acids is 1. The first-order chi connectivity index (χ1) is 8.76. The van der Waals surface area contributed by atoms with Crippen LogP contribution in [0.15, 0.2) is 24.3 Å². The molecule has 0 heterocycles. The molecule has 4 nitrogen and oxygen atoms in total. The van der Waals surface area contributed by atoms with E-state index < -0.39 is 17.7 Å². The molecule has 1 aromatic rings. The van der Waals surface area contributed by atoms with Gasteiger partial charge in [0.25, 0.3) is 0 Å². The molecule has 106 valence electrons. The van der Waals surface area contributed by atoms with Crippen molar-refractivity contribution in [2.75, 3.05) is 13.6 Å². The van der Waals surface area contributed by atoms with Crippen LogP contribution >= 0.6 is 0 Å². The summed E-state index contributed by atoms with van der Waals surface area (Å²) in [5, 5.41) is 0. The summed E-state index contributed by atoms with van der Waals surface area (Å²) in [5.74, 6) is -0.381. The topological polar surface area (TPSA) is 55.6 Å². The molecule has 0 spiro atoms. The molecule has 0 aliphatic carbocycles. The van der Waals surface area contributed by atoms with Crippen LogP contribution in [-0.2, 0) is 4.74 Å². The number of halogens is 1. The van der Waals surface area contributed by atoms with Gasteiger partial charge >= 0.3 is 6.09 Å². The molecule has 19 heavy (non-hydrogen) atoms. The van der Waals surface area contributed by atoms with Gasteiger partial charge in [-0.3, -0.25) is 0 Å². The molecule has 1 atom stereocenters. The van der Waals surface area contributed by atoms with Crippen LogP contribution in [0.4, 0.5) is 9.18 Å². The summed E-state index contributed by atoms with van der Waals surface area (Å²) in [6.45, 7) is 5.45. The second-order valence-corrected chi connectivity index (χ2v) is 5.36. The molecule has 1 aromatic carbocycles. The summed E-state index contributed by atoms with van der Waals surface area (Å²) >= 11 is 0. The predicted octanol–water partition coefficient (Wildman–Crippen LogP) is 2.69. The van der Waals surface area contributed by atoms with E-state index in [0.29, 0.717) is 5.56 Å². The van der Waals surface area contributed by atoms with Gasteiger partial charge < -0.3 is 15.4 Å². The van der Waals surface area contributed by atoms with Crippen molar-refractivity contribution >= 4 is 6.09 Å². The van der Waals surface area contributed by atoms with E-state index in [9.17, 15) is 9.18 Å². The third-order valence-electron chi connectivity index (χ3n) is 2.64. The van der Waals surface area contributed by atoms with Crippen molar-refractivity contribution in [1.29, 1.82) is 0 Å². The van der Waals surface area contributed by atoms with Crippen LogP contribution < -0.4 is 5.73 Å². The normalized spacial score (nSPS) is 12.9. The number of likely N-dealkylation sites (N-methyl/N-ethyl adjacent to an activating group) is 1. The molecule has 0 aromatic heterocycles. The van der Waals surface area contributed by atoms with Crippen molar-refractivity contribution < 1.29 is 13.9 Å². The zero-order valence-electron chi connectivity index (χ0n) is 11.8. The SMILES string of the molecule is CN(C(=O)OC(C)(C)C)C(CN)c1ccccc1F. The number of carbonyl (C=O) groups is 1. The van der Waals surface area contributed by atoms with Gasteiger partial charge in [0.15, 0.2) is 0 Å². The number of rotatable bonds is 3. The van der Waals surface area contributed by atoms with Crippen molar-refractivity contribution in [3.8, 4) is 0 Å². The number of amides is 1. The number of hydrogen-bond acceptors (Lipinski definition) is 3. The smallest absolute Gasteiger partial charge is 0.410 e. The van der Waals surface area contributed by atoms with E-state index in [1.165, 1.54) is 11.0 Å². The third-order valence-corrected chi connectivity index (χ3v) is 2.64. The van der Waals surface area contributed by atoms with Gasteiger partial charge in [-0.2, -0.15) is 0 Å². The van der Waals surface area contributed by atoms with Gasteiger partial charge in [0.1, 0.15) is 11.4 Å². The predicted molar refractivity (Wildman–Crippen MR) is 72.2 cm³/mol. The third kappa shape index (κ3) is 4.21. The lowest BCUT2D eigenvalue weighted by Crippen LogP contribution is -2.39. The molecule has 0 radical (unpaired) electrons. The number of nitrogens with zero attached hydrogens (tertiary/aromatic N) is 1. The van der Waals surface area contributed by atoms with Gasteiger partial charge in [0.2, 0.25) is 0 Å². The van der Waals surface area contributed by atoms with Crippen LogP contribution in [0.5, 0.6) is 0 Å². The largest absolute Gasteiger partial charge is 0.444 e. The molecule has 1 rings (SSSR count). The second kappa shape index (κ2) is 6.02. The quantitative estimate of drug-likeness (QED) is 0.917. The number of ether oxygens (including phenoxy) is 1. The van der Waals surface area contributed by atoms with Gasteiger partial charge in [0, 0.05) is 19.2 Å². The Morgan fingerprint density at radius 2 is 2.00 bits per heavy atom. The summed E-state index contributed by atoms with van der Waals surface area (Å²) in [4.78, 5) is 13.3. The van der Waals surface area contributed by atoms with Crippen molar-refractivity contribution in [1.82, 2.24) is 4.90 Å². The molecule has 0 aliphatic rings. The summed E-state index contributed by atoms with van der Waals surface area (Å²) in [7, 11) is 1.55. The fourth-order valence-electron chi connectivity index (χ4n) is 1.70.